The van der Waals surface area contributed by atoms with E-state index in [1.807, 2.05) is 0 Å². The summed E-state index contributed by atoms with van der Waals surface area (Å²) >= 11 is 0. The van der Waals surface area contributed by atoms with Gasteiger partial charge in [0, 0.05) is 18.8 Å². The van der Waals surface area contributed by atoms with E-state index in [4.69, 9.17) is 5.73 Å². The second-order valence-corrected chi connectivity index (χ2v) is 14.5. The van der Waals surface area contributed by atoms with Gasteiger partial charge in [-0.15, -0.1) is 0 Å². The zero-order chi connectivity index (χ0) is 26.3. The highest BCUT2D eigenvalue weighted by Crippen LogP contribution is 2.69. The molecule has 4 rings (SSSR count). The maximum atomic E-state index is 10.7. The Bertz CT molecular complexity index is 786. The Morgan fingerprint density at radius 3 is 2.25 bits per heavy atom. The third-order valence-corrected chi connectivity index (χ3v) is 12.1. The molecule has 0 spiro atoms. The summed E-state index contributed by atoms with van der Waals surface area (Å²) in [7, 11) is 0. The Kier molecular flexibility index (Phi) is 8.72. The van der Waals surface area contributed by atoms with Crippen LogP contribution in [0.15, 0.2) is 11.1 Å². The normalized spacial score (nSPS) is 39.7. The van der Waals surface area contributed by atoms with Crippen molar-refractivity contribution >= 4 is 0 Å². The molecule has 4 heteroatoms. The number of aliphatic hydroxyl groups excluding tert-OH is 3. The maximum Gasteiger partial charge on any atom is 0.0578 e. The predicted octanol–water partition coefficient (Wildman–Crippen LogP) is 6.22. The minimum atomic E-state index is -0.669. The quantitative estimate of drug-likeness (QED) is 0.267. The lowest BCUT2D eigenvalue weighted by Crippen LogP contribution is -2.55. The van der Waals surface area contributed by atoms with E-state index in [1.165, 1.54) is 56.1 Å². The Morgan fingerprint density at radius 2 is 1.61 bits per heavy atom. The molecule has 3 fully saturated rings. The molecule has 4 aliphatic carbocycles. The van der Waals surface area contributed by atoms with Gasteiger partial charge in [-0.05, 0) is 111 Å². The first-order chi connectivity index (χ1) is 17.0. The average Bonchev–Trinajstić information content (AvgIpc) is 3.16. The smallest absolute Gasteiger partial charge is 0.0578 e. The van der Waals surface area contributed by atoms with Gasteiger partial charge in [-0.3, -0.25) is 0 Å². The van der Waals surface area contributed by atoms with Gasteiger partial charge in [-0.2, -0.15) is 0 Å². The monoisotopic (exact) mass is 503 g/mol. The minimum Gasteiger partial charge on any atom is -0.396 e. The van der Waals surface area contributed by atoms with Gasteiger partial charge in [0.15, 0.2) is 0 Å². The van der Waals surface area contributed by atoms with Crippen molar-refractivity contribution in [2.24, 2.45) is 52.1 Å². The molecule has 5 N–H and O–H groups in total. The molecule has 4 aliphatic rings. The lowest BCUT2D eigenvalue weighted by Gasteiger charge is -2.61. The molecule has 0 saturated heterocycles. The fourth-order valence-corrected chi connectivity index (χ4v) is 10.1. The predicted molar refractivity (Wildman–Crippen MR) is 148 cm³/mol. The summed E-state index contributed by atoms with van der Waals surface area (Å²) in [6.07, 6.45) is 13.8. The summed E-state index contributed by atoms with van der Waals surface area (Å²) in [5.74, 6) is 4.46. The largest absolute Gasteiger partial charge is 0.396 e. The first-order valence-corrected chi connectivity index (χ1v) is 15.4. The van der Waals surface area contributed by atoms with E-state index >= 15 is 0 Å². The Morgan fingerprint density at radius 1 is 0.917 bits per heavy atom. The van der Waals surface area contributed by atoms with Gasteiger partial charge in [0.25, 0.3) is 0 Å². The highest BCUT2D eigenvalue weighted by atomic mass is 16.3. The van der Waals surface area contributed by atoms with Crippen LogP contribution in [0.5, 0.6) is 0 Å². The Hall–Kier alpha value is -0.420. The van der Waals surface area contributed by atoms with E-state index in [0.29, 0.717) is 30.1 Å². The van der Waals surface area contributed by atoms with E-state index in [1.54, 1.807) is 0 Å². The molecule has 0 aromatic carbocycles. The summed E-state index contributed by atoms with van der Waals surface area (Å²) in [5, 5.41) is 30.6. The van der Waals surface area contributed by atoms with Crippen molar-refractivity contribution in [3.05, 3.63) is 11.1 Å². The van der Waals surface area contributed by atoms with E-state index in [2.05, 4.69) is 34.6 Å². The van der Waals surface area contributed by atoms with Gasteiger partial charge in [0.05, 0.1) is 6.10 Å². The van der Waals surface area contributed by atoms with Gasteiger partial charge in [0.2, 0.25) is 0 Å². The topological polar surface area (TPSA) is 86.7 Å². The number of fused-ring (bicyclic) bond motifs is 5. The lowest BCUT2D eigenvalue weighted by atomic mass is 9.44. The molecule has 0 aromatic heterocycles. The van der Waals surface area contributed by atoms with Crippen LogP contribution in [0.1, 0.15) is 118 Å². The molecule has 0 aliphatic heterocycles. The Balaban J connectivity index is 1.66. The van der Waals surface area contributed by atoms with Crippen LogP contribution in [0.25, 0.3) is 0 Å². The van der Waals surface area contributed by atoms with Crippen molar-refractivity contribution in [1.29, 1.82) is 0 Å². The first-order valence-electron chi connectivity index (χ1n) is 15.4. The highest BCUT2D eigenvalue weighted by Gasteiger charge is 2.61. The summed E-state index contributed by atoms with van der Waals surface area (Å²) in [6, 6.07) is 0. The van der Waals surface area contributed by atoms with Crippen LogP contribution in [-0.2, 0) is 0 Å². The molecule has 8 atom stereocenters. The van der Waals surface area contributed by atoms with Crippen LogP contribution in [0.4, 0.5) is 0 Å². The number of aliphatic hydroxyl groups is 3. The van der Waals surface area contributed by atoms with Crippen molar-refractivity contribution in [2.45, 2.75) is 130 Å². The summed E-state index contributed by atoms with van der Waals surface area (Å²) in [6.45, 7) is 12.4. The number of hydrogen-bond donors (Lipinski definition) is 4. The van der Waals surface area contributed by atoms with Crippen molar-refractivity contribution < 1.29 is 15.3 Å². The molecule has 4 nitrogen and oxygen atoms in total. The average molecular weight is 504 g/mol. The van der Waals surface area contributed by atoms with E-state index in [9.17, 15) is 15.3 Å². The molecule has 0 heterocycles. The van der Waals surface area contributed by atoms with Crippen LogP contribution in [0.2, 0.25) is 0 Å². The Labute approximate surface area is 221 Å². The van der Waals surface area contributed by atoms with Crippen LogP contribution >= 0.6 is 0 Å². The van der Waals surface area contributed by atoms with Crippen LogP contribution in [0.3, 0.4) is 0 Å². The molecule has 0 amide bonds. The van der Waals surface area contributed by atoms with Gasteiger partial charge >= 0.3 is 0 Å². The summed E-state index contributed by atoms with van der Waals surface area (Å²) in [4.78, 5) is 0. The molecule has 0 aromatic rings. The zero-order valence-electron chi connectivity index (χ0n) is 24.1. The first kappa shape index (κ1) is 28.6. The van der Waals surface area contributed by atoms with E-state index in [-0.39, 0.29) is 24.7 Å². The number of hydrogen-bond acceptors (Lipinski definition) is 4. The molecule has 0 unspecified atom stereocenters. The van der Waals surface area contributed by atoms with Crippen molar-refractivity contribution in [1.82, 2.24) is 0 Å². The standard InChI is InChI=1S/C32H57NO3/c1-21(2)7-6-8-22(3)25-9-10-26-24-20-29(32(33,15-17-34)16-18-35)28-19-23(36)11-13-31(28,5)27(24)12-14-30(25,26)4/h21-27,34-36H,6-20,33H2,1-5H3/t22-,23+,24+,25-,26+,27+,30-,31-/m1/s1. The van der Waals surface area contributed by atoms with Crippen molar-refractivity contribution in [2.75, 3.05) is 13.2 Å². The molecule has 3 saturated carbocycles. The fraction of sp³-hybridized carbons (Fsp3) is 0.938. The maximum absolute atomic E-state index is 10.7. The van der Waals surface area contributed by atoms with Gasteiger partial charge in [-0.25, -0.2) is 0 Å². The van der Waals surface area contributed by atoms with Crippen LogP contribution in [0, 0.1) is 46.3 Å². The van der Waals surface area contributed by atoms with E-state index < -0.39 is 5.54 Å². The van der Waals surface area contributed by atoms with E-state index in [0.717, 1.165) is 49.4 Å². The molecular weight excluding hydrogens is 446 g/mol. The molecular formula is C32H57NO3. The fourth-order valence-electron chi connectivity index (χ4n) is 10.1. The second-order valence-electron chi connectivity index (χ2n) is 14.5. The molecule has 0 radical (unpaired) electrons. The third kappa shape index (κ3) is 4.98. The van der Waals surface area contributed by atoms with Crippen molar-refractivity contribution in [3.63, 3.8) is 0 Å². The van der Waals surface area contributed by atoms with Gasteiger partial charge < -0.3 is 21.1 Å². The number of nitrogens with two attached hydrogens (primary N) is 1. The molecule has 0 bridgehead atoms. The summed E-state index contributed by atoms with van der Waals surface area (Å²) < 4.78 is 0. The highest BCUT2D eigenvalue weighted by molar-refractivity contribution is 5.37. The van der Waals surface area contributed by atoms with Crippen molar-refractivity contribution in [3.8, 4) is 0 Å². The second kappa shape index (κ2) is 11.0. The molecule has 36 heavy (non-hydrogen) atoms. The number of rotatable bonds is 10. The van der Waals surface area contributed by atoms with Crippen LogP contribution < -0.4 is 5.73 Å². The van der Waals surface area contributed by atoms with Gasteiger partial charge in [-0.1, -0.05) is 65.0 Å². The lowest BCUT2D eigenvalue weighted by molar-refractivity contribution is -0.0622. The SMILES string of the molecule is CC(C)CCC[C@@H](C)[C@H]1CC[C@H]2[C@@H]3CC(C(N)(CCO)CCO)=C4C[C@@H](O)CC[C@]4(C)[C@H]3CC[C@]12C. The van der Waals surface area contributed by atoms with Gasteiger partial charge in [0.1, 0.15) is 0 Å². The minimum absolute atomic E-state index is 0.0394. The molecule has 208 valence electrons. The van der Waals surface area contributed by atoms with Crippen LogP contribution in [-0.4, -0.2) is 40.2 Å². The third-order valence-electron chi connectivity index (χ3n) is 12.1. The summed E-state index contributed by atoms with van der Waals surface area (Å²) in [5.41, 5.74) is 9.62. The zero-order valence-corrected chi connectivity index (χ0v) is 24.1.